The summed E-state index contributed by atoms with van der Waals surface area (Å²) in [7, 11) is 0. The van der Waals surface area contributed by atoms with E-state index in [4.69, 9.17) is 28.9 Å². The largest absolute Gasteiger partial charge is 0.366 e. The van der Waals surface area contributed by atoms with Crippen molar-refractivity contribution in [3.05, 3.63) is 33.3 Å². The molecule has 2 N–H and O–H groups in total. The van der Waals surface area contributed by atoms with Crippen LogP contribution in [0, 0.1) is 6.92 Å². The molecule has 0 aliphatic carbocycles. The van der Waals surface area contributed by atoms with Crippen LogP contribution in [0.2, 0.25) is 10.0 Å². The van der Waals surface area contributed by atoms with Gasteiger partial charge in [0.2, 0.25) is 5.91 Å². The molecule has 4 heteroatoms. The molecule has 0 aliphatic heterocycles. The number of carbonyl (C=O) groups excluding carboxylic acids is 1. The number of amides is 1. The Bertz CT molecular complexity index is 337. The van der Waals surface area contributed by atoms with Crippen molar-refractivity contribution in [1.29, 1.82) is 0 Å². The van der Waals surface area contributed by atoms with Crippen molar-refractivity contribution in [2.24, 2.45) is 5.73 Å². The van der Waals surface area contributed by atoms with Gasteiger partial charge in [0.25, 0.3) is 0 Å². The van der Waals surface area contributed by atoms with Gasteiger partial charge in [-0.2, -0.15) is 0 Å². The Kier molecular flexibility index (Phi) is 5.58. The summed E-state index contributed by atoms with van der Waals surface area (Å²) in [5.74, 6) is -0.494. The maximum Gasteiger partial charge on any atom is 0.249 e. The van der Waals surface area contributed by atoms with Crippen molar-refractivity contribution in [2.45, 2.75) is 20.8 Å². The maximum atomic E-state index is 10.8. The molecule has 78 valence electrons. The van der Waals surface area contributed by atoms with Crippen LogP contribution < -0.4 is 5.73 Å². The van der Waals surface area contributed by atoms with Crippen molar-refractivity contribution < 1.29 is 4.79 Å². The van der Waals surface area contributed by atoms with Crippen LogP contribution in [-0.2, 0) is 0 Å². The van der Waals surface area contributed by atoms with Crippen molar-refractivity contribution in [3.63, 3.8) is 0 Å². The third-order valence-electron chi connectivity index (χ3n) is 1.53. The summed E-state index contributed by atoms with van der Waals surface area (Å²) >= 11 is 11.4. The molecule has 0 bridgehead atoms. The molecule has 0 radical (unpaired) electrons. The molecule has 0 aromatic heterocycles. The Morgan fingerprint density at radius 1 is 1.21 bits per heavy atom. The number of carbonyl (C=O) groups is 1. The number of hydrogen-bond donors (Lipinski definition) is 1. The van der Waals surface area contributed by atoms with Gasteiger partial charge in [-0.25, -0.2) is 0 Å². The van der Waals surface area contributed by atoms with E-state index in [1.165, 1.54) is 6.07 Å². The van der Waals surface area contributed by atoms with E-state index in [-0.39, 0.29) is 0 Å². The molecule has 1 aromatic rings. The zero-order chi connectivity index (χ0) is 11.3. The summed E-state index contributed by atoms with van der Waals surface area (Å²) in [4.78, 5) is 10.8. The molecule has 0 atom stereocenters. The third kappa shape index (κ3) is 3.20. The summed E-state index contributed by atoms with van der Waals surface area (Å²) in [5, 5.41) is 0.773. The minimum Gasteiger partial charge on any atom is -0.366 e. The standard InChI is InChI=1S/C8H7Cl2NO.C2H6/c1-4-2-6(9)7(10)3-5(4)8(11)12;1-2/h2-3H,1H3,(H2,11,12);1-2H3. The first kappa shape index (κ1) is 13.3. The minimum absolute atomic E-state index is 0.344. The van der Waals surface area contributed by atoms with Crippen LogP contribution >= 0.6 is 23.2 Å². The Morgan fingerprint density at radius 3 is 2.07 bits per heavy atom. The molecule has 0 aliphatic rings. The van der Waals surface area contributed by atoms with E-state index in [1.807, 2.05) is 13.8 Å². The lowest BCUT2D eigenvalue weighted by Gasteiger charge is -2.03. The maximum absolute atomic E-state index is 10.8. The molecule has 1 rings (SSSR count). The van der Waals surface area contributed by atoms with Crippen LogP contribution in [-0.4, -0.2) is 5.91 Å². The van der Waals surface area contributed by atoms with Crippen LogP contribution in [0.1, 0.15) is 29.8 Å². The monoisotopic (exact) mass is 233 g/mol. The molecular weight excluding hydrogens is 221 g/mol. The molecule has 1 amide bonds. The van der Waals surface area contributed by atoms with Gasteiger partial charge in [-0.15, -0.1) is 0 Å². The highest BCUT2D eigenvalue weighted by Gasteiger charge is 2.07. The number of primary amides is 1. The predicted molar refractivity (Wildman–Crippen MR) is 61.1 cm³/mol. The van der Waals surface area contributed by atoms with E-state index in [0.29, 0.717) is 15.6 Å². The second-order valence-electron chi connectivity index (χ2n) is 2.45. The lowest BCUT2D eigenvalue weighted by Crippen LogP contribution is -2.12. The average molecular weight is 234 g/mol. The van der Waals surface area contributed by atoms with Gasteiger partial charge >= 0.3 is 0 Å². The van der Waals surface area contributed by atoms with Crippen LogP contribution in [0.3, 0.4) is 0 Å². The normalized spacial score (nSPS) is 8.93. The van der Waals surface area contributed by atoms with Gasteiger partial charge < -0.3 is 5.73 Å². The summed E-state index contributed by atoms with van der Waals surface area (Å²) < 4.78 is 0. The fraction of sp³-hybridized carbons (Fsp3) is 0.300. The van der Waals surface area contributed by atoms with Gasteiger partial charge in [0.1, 0.15) is 0 Å². The second kappa shape index (κ2) is 5.89. The fourth-order valence-electron chi connectivity index (χ4n) is 0.912. The molecule has 0 fully saturated rings. The first-order valence-corrected chi connectivity index (χ1v) is 5.03. The van der Waals surface area contributed by atoms with Crippen LogP contribution in [0.25, 0.3) is 0 Å². The number of rotatable bonds is 1. The molecule has 14 heavy (non-hydrogen) atoms. The summed E-state index contributed by atoms with van der Waals surface area (Å²) in [6.07, 6.45) is 0. The Morgan fingerprint density at radius 2 is 1.64 bits per heavy atom. The zero-order valence-corrected chi connectivity index (χ0v) is 9.91. The predicted octanol–water partition coefficient (Wildman–Crippen LogP) is 3.43. The van der Waals surface area contributed by atoms with Crippen molar-refractivity contribution >= 4 is 29.1 Å². The van der Waals surface area contributed by atoms with Gasteiger partial charge in [0.05, 0.1) is 10.0 Å². The molecule has 2 nitrogen and oxygen atoms in total. The van der Waals surface area contributed by atoms with Crippen LogP contribution in [0.4, 0.5) is 0 Å². The van der Waals surface area contributed by atoms with Crippen LogP contribution in [0.5, 0.6) is 0 Å². The summed E-state index contributed by atoms with van der Waals surface area (Å²) in [6, 6.07) is 3.09. The van der Waals surface area contributed by atoms with E-state index < -0.39 is 5.91 Å². The molecule has 1 aromatic carbocycles. The average Bonchev–Trinajstić information content (AvgIpc) is 2.14. The lowest BCUT2D eigenvalue weighted by atomic mass is 10.1. The molecule has 0 heterocycles. The Balaban J connectivity index is 0.000000791. The first-order chi connectivity index (χ1) is 6.52. The second-order valence-corrected chi connectivity index (χ2v) is 3.26. The highest BCUT2D eigenvalue weighted by Crippen LogP contribution is 2.25. The van der Waals surface area contributed by atoms with E-state index in [1.54, 1.807) is 13.0 Å². The smallest absolute Gasteiger partial charge is 0.249 e. The minimum atomic E-state index is -0.494. The number of nitrogens with two attached hydrogens (primary N) is 1. The van der Waals surface area contributed by atoms with Gasteiger partial charge in [0, 0.05) is 5.56 Å². The lowest BCUT2D eigenvalue weighted by molar-refractivity contribution is 0.0999. The summed E-state index contributed by atoms with van der Waals surface area (Å²) in [6.45, 7) is 5.75. The van der Waals surface area contributed by atoms with Crippen LogP contribution in [0.15, 0.2) is 12.1 Å². The van der Waals surface area contributed by atoms with E-state index in [0.717, 1.165) is 5.56 Å². The van der Waals surface area contributed by atoms with Gasteiger partial charge in [0.15, 0.2) is 0 Å². The van der Waals surface area contributed by atoms with E-state index >= 15 is 0 Å². The van der Waals surface area contributed by atoms with Gasteiger partial charge in [-0.1, -0.05) is 37.0 Å². The van der Waals surface area contributed by atoms with Crippen molar-refractivity contribution in [2.75, 3.05) is 0 Å². The SMILES string of the molecule is CC.Cc1cc(Cl)c(Cl)cc1C(N)=O. The molecule has 0 unspecified atom stereocenters. The topological polar surface area (TPSA) is 43.1 Å². The quantitative estimate of drug-likeness (QED) is 0.794. The highest BCUT2D eigenvalue weighted by molar-refractivity contribution is 6.42. The van der Waals surface area contributed by atoms with Crippen molar-refractivity contribution in [1.82, 2.24) is 0 Å². The zero-order valence-electron chi connectivity index (χ0n) is 8.40. The van der Waals surface area contributed by atoms with E-state index in [2.05, 4.69) is 0 Å². The Labute approximate surface area is 94.0 Å². The first-order valence-electron chi connectivity index (χ1n) is 4.28. The molecule has 0 spiro atoms. The highest BCUT2D eigenvalue weighted by atomic mass is 35.5. The van der Waals surface area contributed by atoms with Crippen molar-refractivity contribution in [3.8, 4) is 0 Å². The number of aryl methyl sites for hydroxylation is 1. The number of benzene rings is 1. The number of halogens is 2. The Hall–Kier alpha value is -0.730. The van der Waals surface area contributed by atoms with Gasteiger partial charge in [-0.3, -0.25) is 4.79 Å². The fourth-order valence-corrected chi connectivity index (χ4v) is 1.29. The summed E-state index contributed by atoms with van der Waals surface area (Å²) in [5.41, 5.74) is 6.23. The molecule has 0 saturated heterocycles. The number of hydrogen-bond acceptors (Lipinski definition) is 1. The molecular formula is C10H13Cl2NO. The van der Waals surface area contributed by atoms with Gasteiger partial charge in [-0.05, 0) is 24.6 Å². The molecule has 0 saturated carbocycles. The third-order valence-corrected chi connectivity index (χ3v) is 2.25. The van der Waals surface area contributed by atoms with E-state index in [9.17, 15) is 4.79 Å².